The largest absolute Gasteiger partial charge is 0.492 e. The number of carbonyl (C=O) groups is 1. The third-order valence-corrected chi connectivity index (χ3v) is 4.01. The van der Waals surface area contributed by atoms with Gasteiger partial charge in [-0.2, -0.15) is 0 Å². The van der Waals surface area contributed by atoms with Crippen LogP contribution >= 0.6 is 0 Å². The summed E-state index contributed by atoms with van der Waals surface area (Å²) in [7, 11) is 0. The first-order chi connectivity index (χ1) is 13.2. The summed E-state index contributed by atoms with van der Waals surface area (Å²) in [6, 6.07) is 19.2. The van der Waals surface area contributed by atoms with Gasteiger partial charge < -0.3 is 15.4 Å². The van der Waals surface area contributed by atoms with E-state index in [9.17, 15) is 4.79 Å². The highest BCUT2D eigenvalue weighted by Gasteiger charge is 2.09. The highest BCUT2D eigenvalue weighted by molar-refractivity contribution is 5.94. The molecule has 27 heavy (non-hydrogen) atoms. The Hall–Kier alpha value is -3.34. The summed E-state index contributed by atoms with van der Waals surface area (Å²) in [5.74, 6) is 1.20. The molecule has 5 heteroatoms. The van der Waals surface area contributed by atoms with Crippen molar-refractivity contribution in [1.29, 1.82) is 0 Å². The molecule has 138 valence electrons. The fraction of sp³-hybridized carbons (Fsp3) is 0.182. The lowest BCUT2D eigenvalue weighted by atomic mass is 10.1. The number of rotatable bonds is 7. The summed E-state index contributed by atoms with van der Waals surface area (Å²) in [4.78, 5) is 16.8. The van der Waals surface area contributed by atoms with E-state index in [-0.39, 0.29) is 5.91 Å². The van der Waals surface area contributed by atoms with Crippen molar-refractivity contribution >= 4 is 17.4 Å². The molecule has 0 atom stereocenters. The summed E-state index contributed by atoms with van der Waals surface area (Å²) in [5, 5.41) is 6.16. The number of nitrogens with one attached hydrogen (secondary N) is 2. The molecule has 0 fully saturated rings. The minimum Gasteiger partial charge on any atom is -0.492 e. The second-order valence-corrected chi connectivity index (χ2v) is 6.16. The van der Waals surface area contributed by atoms with E-state index in [2.05, 4.69) is 21.7 Å². The molecule has 0 aliphatic heterocycles. The number of carbonyl (C=O) groups excluding carboxylic acids is 1. The number of hydrogen-bond acceptors (Lipinski definition) is 4. The molecule has 0 saturated heterocycles. The molecule has 2 aromatic carbocycles. The van der Waals surface area contributed by atoms with Gasteiger partial charge in [0.1, 0.15) is 11.6 Å². The molecule has 3 rings (SSSR count). The predicted octanol–water partition coefficient (Wildman–Crippen LogP) is 4.46. The van der Waals surface area contributed by atoms with Gasteiger partial charge in [0.2, 0.25) is 0 Å². The minimum absolute atomic E-state index is 0.139. The van der Waals surface area contributed by atoms with E-state index in [1.165, 1.54) is 5.56 Å². The van der Waals surface area contributed by atoms with Crippen molar-refractivity contribution in [2.24, 2.45) is 0 Å². The molecule has 5 nitrogen and oxygen atoms in total. The zero-order chi connectivity index (χ0) is 19.1. The van der Waals surface area contributed by atoms with Crippen molar-refractivity contribution in [2.45, 2.75) is 20.4 Å². The smallest absolute Gasteiger partial charge is 0.251 e. The average Bonchev–Trinajstić information content (AvgIpc) is 2.68. The van der Waals surface area contributed by atoms with Crippen molar-refractivity contribution in [1.82, 2.24) is 10.3 Å². The van der Waals surface area contributed by atoms with E-state index in [1.54, 1.807) is 18.3 Å². The standard InChI is InChI=1S/C22H23N3O2/c1-3-27-20-10-5-4-9-19(20)25-21-14-18(11-12-23-21)22(26)24-15-17-8-6-7-16(2)13-17/h4-14H,3,15H2,1-2H3,(H,23,25)(H,24,26). The molecule has 0 bridgehead atoms. The van der Waals surface area contributed by atoms with E-state index in [4.69, 9.17) is 4.74 Å². The zero-order valence-corrected chi connectivity index (χ0v) is 15.5. The number of amides is 1. The lowest BCUT2D eigenvalue weighted by Crippen LogP contribution is -2.23. The maximum atomic E-state index is 12.5. The van der Waals surface area contributed by atoms with Gasteiger partial charge in [-0.05, 0) is 43.7 Å². The van der Waals surface area contributed by atoms with Crippen LogP contribution in [0.1, 0.15) is 28.4 Å². The molecule has 1 heterocycles. The molecule has 1 amide bonds. The first-order valence-corrected chi connectivity index (χ1v) is 8.94. The second kappa shape index (κ2) is 8.85. The van der Waals surface area contributed by atoms with Crippen LogP contribution in [0.5, 0.6) is 5.75 Å². The van der Waals surface area contributed by atoms with Crippen LogP contribution in [0.15, 0.2) is 66.9 Å². The van der Waals surface area contributed by atoms with E-state index < -0.39 is 0 Å². The predicted molar refractivity (Wildman–Crippen MR) is 107 cm³/mol. The van der Waals surface area contributed by atoms with E-state index in [0.717, 1.165) is 17.0 Å². The SMILES string of the molecule is CCOc1ccccc1Nc1cc(C(=O)NCc2cccc(C)c2)ccn1. The number of nitrogens with zero attached hydrogens (tertiary/aromatic N) is 1. The fourth-order valence-corrected chi connectivity index (χ4v) is 2.74. The molecule has 1 aromatic heterocycles. The summed E-state index contributed by atoms with van der Waals surface area (Å²) in [6.07, 6.45) is 1.62. The number of para-hydroxylation sites is 2. The van der Waals surface area contributed by atoms with Crippen LogP contribution in [0.3, 0.4) is 0 Å². The molecule has 0 radical (unpaired) electrons. The topological polar surface area (TPSA) is 63.2 Å². The Balaban J connectivity index is 1.69. The highest BCUT2D eigenvalue weighted by atomic mass is 16.5. The third-order valence-electron chi connectivity index (χ3n) is 4.01. The van der Waals surface area contributed by atoms with Gasteiger partial charge in [-0.25, -0.2) is 4.98 Å². The van der Waals surface area contributed by atoms with Crippen LogP contribution < -0.4 is 15.4 Å². The van der Waals surface area contributed by atoms with Gasteiger partial charge in [0, 0.05) is 18.3 Å². The zero-order valence-electron chi connectivity index (χ0n) is 15.5. The molecular weight excluding hydrogens is 338 g/mol. The number of pyridine rings is 1. The Morgan fingerprint density at radius 2 is 1.93 bits per heavy atom. The van der Waals surface area contributed by atoms with Gasteiger partial charge in [0.05, 0.1) is 12.3 Å². The van der Waals surface area contributed by atoms with Gasteiger partial charge in [-0.3, -0.25) is 4.79 Å². The number of anilines is 2. The van der Waals surface area contributed by atoms with Crippen molar-refractivity contribution in [3.8, 4) is 5.75 Å². The van der Waals surface area contributed by atoms with Crippen LogP contribution in [-0.4, -0.2) is 17.5 Å². The molecule has 3 aromatic rings. The van der Waals surface area contributed by atoms with Crippen LogP contribution in [0.25, 0.3) is 0 Å². The van der Waals surface area contributed by atoms with Gasteiger partial charge in [-0.1, -0.05) is 42.0 Å². The first-order valence-electron chi connectivity index (χ1n) is 8.94. The minimum atomic E-state index is -0.139. The second-order valence-electron chi connectivity index (χ2n) is 6.16. The van der Waals surface area contributed by atoms with Gasteiger partial charge in [0.25, 0.3) is 5.91 Å². The maximum absolute atomic E-state index is 12.5. The van der Waals surface area contributed by atoms with Crippen molar-refractivity contribution in [3.05, 3.63) is 83.6 Å². The van der Waals surface area contributed by atoms with E-state index in [0.29, 0.717) is 24.5 Å². The number of hydrogen-bond donors (Lipinski definition) is 2. The summed E-state index contributed by atoms with van der Waals surface area (Å²) >= 11 is 0. The molecular formula is C22H23N3O2. The van der Waals surface area contributed by atoms with Crippen molar-refractivity contribution < 1.29 is 9.53 Å². The summed E-state index contributed by atoms with van der Waals surface area (Å²) in [6.45, 7) is 5.03. The fourth-order valence-electron chi connectivity index (χ4n) is 2.74. The van der Waals surface area contributed by atoms with Gasteiger partial charge in [-0.15, -0.1) is 0 Å². The molecule has 0 unspecified atom stereocenters. The van der Waals surface area contributed by atoms with Crippen LogP contribution in [0.4, 0.5) is 11.5 Å². The monoisotopic (exact) mass is 361 g/mol. The van der Waals surface area contributed by atoms with E-state index >= 15 is 0 Å². The van der Waals surface area contributed by atoms with Gasteiger partial charge >= 0.3 is 0 Å². The highest BCUT2D eigenvalue weighted by Crippen LogP contribution is 2.26. The van der Waals surface area contributed by atoms with Crippen molar-refractivity contribution in [2.75, 3.05) is 11.9 Å². The quantitative estimate of drug-likeness (QED) is 0.652. The third kappa shape index (κ3) is 5.07. The lowest BCUT2D eigenvalue weighted by Gasteiger charge is -2.12. The van der Waals surface area contributed by atoms with Crippen LogP contribution in [0.2, 0.25) is 0 Å². The Morgan fingerprint density at radius 1 is 1.07 bits per heavy atom. The first kappa shape index (κ1) is 18.5. The summed E-state index contributed by atoms with van der Waals surface area (Å²) in [5.41, 5.74) is 3.60. The van der Waals surface area contributed by atoms with Crippen LogP contribution in [-0.2, 0) is 6.54 Å². The number of ether oxygens (including phenoxy) is 1. The molecule has 0 aliphatic carbocycles. The van der Waals surface area contributed by atoms with Crippen molar-refractivity contribution in [3.63, 3.8) is 0 Å². The van der Waals surface area contributed by atoms with Crippen LogP contribution in [0, 0.1) is 6.92 Å². The van der Waals surface area contributed by atoms with E-state index in [1.807, 2.05) is 56.3 Å². The molecule has 0 aliphatic rings. The Labute approximate surface area is 159 Å². The molecule has 2 N–H and O–H groups in total. The Morgan fingerprint density at radius 3 is 2.74 bits per heavy atom. The van der Waals surface area contributed by atoms with Gasteiger partial charge in [0.15, 0.2) is 0 Å². The Bertz CT molecular complexity index is 925. The molecule has 0 saturated carbocycles. The Kier molecular flexibility index (Phi) is 6.05. The number of benzene rings is 2. The number of aryl methyl sites for hydroxylation is 1. The lowest BCUT2D eigenvalue weighted by molar-refractivity contribution is 0.0951. The maximum Gasteiger partial charge on any atom is 0.251 e. The summed E-state index contributed by atoms with van der Waals surface area (Å²) < 4.78 is 5.61. The molecule has 0 spiro atoms. The normalized spacial score (nSPS) is 10.3. The number of aromatic nitrogens is 1. The average molecular weight is 361 g/mol.